The Hall–Kier alpha value is -3.33. The van der Waals surface area contributed by atoms with E-state index >= 15 is 0 Å². The van der Waals surface area contributed by atoms with Gasteiger partial charge in [-0.1, -0.05) is 42.1 Å². The van der Waals surface area contributed by atoms with Crippen LogP contribution in [0.5, 0.6) is 5.95 Å². The summed E-state index contributed by atoms with van der Waals surface area (Å²) in [4.78, 5) is 23.5. The molecule has 0 saturated heterocycles. The molecule has 3 N–H and O–H groups in total. The molecule has 0 spiro atoms. The van der Waals surface area contributed by atoms with E-state index in [0.717, 1.165) is 0 Å². The molecular formula is C18H16N4O4S. The van der Waals surface area contributed by atoms with Crippen molar-refractivity contribution in [1.29, 1.82) is 0 Å². The molecule has 9 heteroatoms. The number of nitrogens with two attached hydrogens (primary N) is 1. The molecule has 0 saturated carbocycles. The summed E-state index contributed by atoms with van der Waals surface area (Å²) in [7, 11) is 0. The Bertz CT molecular complexity index is 959. The lowest BCUT2D eigenvalue weighted by Crippen LogP contribution is -2.34. The Balaban J connectivity index is 1.62. The lowest BCUT2D eigenvalue weighted by atomic mass is 10.1. The number of rotatable bonds is 7. The zero-order valence-electron chi connectivity index (χ0n) is 14.1. The van der Waals surface area contributed by atoms with Crippen molar-refractivity contribution in [3.8, 4) is 11.6 Å². The number of thioether (sulfide) groups is 1. The highest BCUT2D eigenvalue weighted by atomic mass is 32.2. The van der Waals surface area contributed by atoms with E-state index in [1.54, 1.807) is 30.3 Å². The van der Waals surface area contributed by atoms with Gasteiger partial charge in [-0.3, -0.25) is 9.59 Å². The fourth-order valence-corrected chi connectivity index (χ4v) is 3.25. The zero-order chi connectivity index (χ0) is 19.2. The first-order chi connectivity index (χ1) is 13.1. The number of carbonyl (C=O) groups excluding carboxylic acids is 2. The number of para-hydroxylation sites is 2. The SMILES string of the molecule is NC(=O)c1ccccc1NC(=O)CCSc1c([O-])on[n+]1-c1ccccc1. The maximum absolute atomic E-state index is 12.2. The van der Waals surface area contributed by atoms with Crippen LogP contribution in [0, 0.1) is 0 Å². The van der Waals surface area contributed by atoms with Crippen LogP contribution in [0.15, 0.2) is 64.1 Å². The summed E-state index contributed by atoms with van der Waals surface area (Å²) in [5.41, 5.74) is 6.57. The number of nitrogens with zero attached hydrogens (tertiary/aromatic N) is 2. The van der Waals surface area contributed by atoms with Gasteiger partial charge in [0.05, 0.1) is 16.5 Å². The topological polar surface area (TPSA) is 125 Å². The van der Waals surface area contributed by atoms with Crippen molar-refractivity contribution < 1.29 is 23.9 Å². The highest BCUT2D eigenvalue weighted by molar-refractivity contribution is 7.99. The molecule has 138 valence electrons. The van der Waals surface area contributed by atoms with Gasteiger partial charge in [-0.2, -0.15) is 0 Å². The summed E-state index contributed by atoms with van der Waals surface area (Å²) in [6.07, 6.45) is 0.122. The molecule has 8 nitrogen and oxygen atoms in total. The molecule has 0 unspecified atom stereocenters. The van der Waals surface area contributed by atoms with Crippen molar-refractivity contribution in [2.24, 2.45) is 5.73 Å². The molecule has 27 heavy (non-hydrogen) atoms. The molecule has 0 fully saturated rings. The number of hydrogen-bond donors (Lipinski definition) is 2. The van der Waals surface area contributed by atoms with Crippen LogP contribution in [0.4, 0.5) is 5.69 Å². The number of carbonyl (C=O) groups is 2. The third kappa shape index (κ3) is 4.45. The van der Waals surface area contributed by atoms with E-state index < -0.39 is 11.9 Å². The van der Waals surface area contributed by atoms with Crippen LogP contribution in [0.1, 0.15) is 16.8 Å². The van der Waals surface area contributed by atoms with Crippen LogP contribution in [-0.2, 0) is 4.79 Å². The molecule has 2 aromatic carbocycles. The normalized spacial score (nSPS) is 10.5. The molecule has 0 radical (unpaired) electrons. The Labute approximate surface area is 158 Å². The Morgan fingerprint density at radius 2 is 1.85 bits per heavy atom. The van der Waals surface area contributed by atoms with Crippen molar-refractivity contribution in [2.75, 3.05) is 11.1 Å². The first kappa shape index (κ1) is 18.5. The molecule has 0 atom stereocenters. The quantitative estimate of drug-likeness (QED) is 0.466. The molecule has 2 amide bonds. The summed E-state index contributed by atoms with van der Waals surface area (Å²) in [6.45, 7) is 0. The van der Waals surface area contributed by atoms with Crippen LogP contribution in [0.3, 0.4) is 0 Å². The monoisotopic (exact) mass is 384 g/mol. The number of hydrogen-bond acceptors (Lipinski definition) is 6. The van der Waals surface area contributed by atoms with E-state index in [4.69, 9.17) is 10.3 Å². The smallest absolute Gasteiger partial charge is 0.297 e. The van der Waals surface area contributed by atoms with Gasteiger partial charge in [-0.05, 0) is 16.8 Å². The molecule has 0 bridgehead atoms. The van der Waals surface area contributed by atoms with Crippen molar-refractivity contribution in [3.63, 3.8) is 0 Å². The van der Waals surface area contributed by atoms with E-state index in [9.17, 15) is 14.7 Å². The average Bonchev–Trinajstić information content (AvgIpc) is 3.03. The van der Waals surface area contributed by atoms with Crippen molar-refractivity contribution in [3.05, 3.63) is 60.2 Å². The first-order valence-corrected chi connectivity index (χ1v) is 9.00. The highest BCUT2D eigenvalue weighted by Gasteiger charge is 2.21. The summed E-state index contributed by atoms with van der Waals surface area (Å²) in [5.74, 6) is -1.16. The van der Waals surface area contributed by atoms with Gasteiger partial charge in [0.15, 0.2) is 5.95 Å². The lowest BCUT2D eigenvalue weighted by Gasteiger charge is -2.08. The largest absolute Gasteiger partial charge is 0.538 e. The third-order valence-corrected chi connectivity index (χ3v) is 4.63. The Morgan fingerprint density at radius 1 is 1.15 bits per heavy atom. The second-order valence-corrected chi connectivity index (χ2v) is 6.55. The molecule has 1 heterocycles. The number of primary amides is 1. The van der Waals surface area contributed by atoms with Crippen molar-refractivity contribution >= 4 is 29.3 Å². The van der Waals surface area contributed by atoms with Crippen LogP contribution in [0.25, 0.3) is 5.69 Å². The predicted octanol–water partition coefficient (Wildman–Crippen LogP) is 1.24. The fraction of sp³-hybridized carbons (Fsp3) is 0.111. The van der Waals surface area contributed by atoms with Crippen LogP contribution in [0.2, 0.25) is 0 Å². The summed E-state index contributed by atoms with van der Waals surface area (Å²) in [5, 5.41) is 18.6. The van der Waals surface area contributed by atoms with E-state index in [1.807, 2.05) is 18.2 Å². The second kappa shape index (κ2) is 8.37. The average molecular weight is 384 g/mol. The van der Waals surface area contributed by atoms with Gasteiger partial charge < -0.3 is 20.7 Å². The van der Waals surface area contributed by atoms with Gasteiger partial charge in [0.2, 0.25) is 11.6 Å². The van der Waals surface area contributed by atoms with Gasteiger partial charge in [-0.15, -0.1) is 0 Å². The van der Waals surface area contributed by atoms with Gasteiger partial charge in [-0.25, -0.2) is 0 Å². The Morgan fingerprint density at radius 3 is 2.59 bits per heavy atom. The van der Waals surface area contributed by atoms with Crippen LogP contribution >= 0.6 is 11.8 Å². The molecule has 3 rings (SSSR count). The summed E-state index contributed by atoms with van der Waals surface area (Å²) >= 11 is 1.17. The maximum Gasteiger partial charge on any atom is 0.297 e. The predicted molar refractivity (Wildman–Crippen MR) is 96.4 cm³/mol. The van der Waals surface area contributed by atoms with Gasteiger partial charge >= 0.3 is 0 Å². The molecule has 1 aromatic heterocycles. The number of amides is 2. The lowest BCUT2D eigenvalue weighted by molar-refractivity contribution is -0.705. The number of benzene rings is 2. The van der Waals surface area contributed by atoms with Gasteiger partial charge in [0.25, 0.3) is 10.9 Å². The number of anilines is 1. The minimum atomic E-state index is -0.621. The van der Waals surface area contributed by atoms with E-state index in [0.29, 0.717) is 17.1 Å². The van der Waals surface area contributed by atoms with Gasteiger partial charge in [0.1, 0.15) is 0 Å². The second-order valence-electron chi connectivity index (χ2n) is 5.47. The van der Waals surface area contributed by atoms with Crippen LogP contribution < -0.4 is 20.8 Å². The summed E-state index contributed by atoms with van der Waals surface area (Å²) < 4.78 is 6.13. The van der Waals surface area contributed by atoms with Gasteiger partial charge in [0, 0.05) is 24.3 Å². The maximum atomic E-state index is 12.2. The number of nitrogens with one attached hydrogen (secondary N) is 1. The summed E-state index contributed by atoms with van der Waals surface area (Å²) in [6, 6.07) is 15.6. The molecule has 0 aliphatic heterocycles. The Kier molecular flexibility index (Phi) is 5.72. The van der Waals surface area contributed by atoms with Crippen molar-refractivity contribution in [2.45, 2.75) is 11.4 Å². The minimum absolute atomic E-state index is 0.122. The molecular weight excluding hydrogens is 368 g/mol. The zero-order valence-corrected chi connectivity index (χ0v) is 14.9. The fourth-order valence-electron chi connectivity index (χ4n) is 2.35. The highest BCUT2D eigenvalue weighted by Crippen LogP contribution is 2.24. The molecule has 0 aliphatic carbocycles. The molecule has 0 aliphatic rings. The van der Waals surface area contributed by atoms with E-state index in [1.165, 1.54) is 22.5 Å². The van der Waals surface area contributed by atoms with E-state index in [2.05, 4.69) is 10.6 Å². The van der Waals surface area contributed by atoms with E-state index in [-0.39, 0.29) is 22.9 Å². The molecule has 3 aromatic rings. The number of aromatic nitrogens is 2. The van der Waals surface area contributed by atoms with Crippen molar-refractivity contribution in [1.82, 2.24) is 5.27 Å². The first-order valence-electron chi connectivity index (χ1n) is 8.02. The minimum Gasteiger partial charge on any atom is -0.538 e. The third-order valence-electron chi connectivity index (χ3n) is 3.61. The van der Waals surface area contributed by atoms with Crippen LogP contribution in [-0.4, -0.2) is 22.8 Å². The standard InChI is InChI=1S/C18H16N4O4S/c19-16(24)13-8-4-5-9-14(13)20-15(23)10-11-27-17-18(25)26-21-22(17)12-6-2-1-3-7-12/h1-9H,10-11H2,(H3-,19,20,21,23,24,25).